The van der Waals surface area contributed by atoms with Crippen LogP contribution in [0.25, 0.3) is 0 Å². The average molecular weight is 610 g/mol. The number of nitrogens with two attached hydrogens (primary N) is 2. The zero-order chi connectivity index (χ0) is 29.8. The predicted molar refractivity (Wildman–Crippen MR) is 149 cm³/mol. The topological polar surface area (TPSA) is 158 Å². The number of carbonyl (C=O) groups is 2. The van der Waals surface area contributed by atoms with Gasteiger partial charge >= 0.3 is 6.36 Å². The van der Waals surface area contributed by atoms with Gasteiger partial charge in [-0.2, -0.15) is 0 Å². The number of hydrogen-bond donors (Lipinski definition) is 4. The van der Waals surface area contributed by atoms with Crippen LogP contribution >= 0.6 is 22.9 Å². The molecule has 2 heterocycles. The predicted octanol–water partition coefficient (Wildman–Crippen LogP) is 4.38. The molecule has 0 saturated heterocycles. The normalized spacial score (nSPS) is 12.2. The second kappa shape index (κ2) is 15.0. The van der Waals surface area contributed by atoms with Crippen LogP contribution in [0.3, 0.4) is 0 Å². The fourth-order valence-electron chi connectivity index (χ4n) is 3.44. The lowest BCUT2D eigenvalue weighted by Crippen LogP contribution is -2.28. The van der Waals surface area contributed by atoms with Crippen molar-refractivity contribution < 1.29 is 27.5 Å². The lowest BCUT2D eigenvalue weighted by Gasteiger charge is -2.10. The highest BCUT2D eigenvalue weighted by Crippen LogP contribution is 2.23. The van der Waals surface area contributed by atoms with E-state index in [4.69, 9.17) is 23.1 Å². The number of halogens is 4. The van der Waals surface area contributed by atoms with Crippen molar-refractivity contribution >= 4 is 39.9 Å². The Morgan fingerprint density at radius 2 is 1.80 bits per heavy atom. The van der Waals surface area contributed by atoms with E-state index in [9.17, 15) is 22.8 Å². The first kappa shape index (κ1) is 31.4. The number of hydrogen-bond acceptors (Lipinski definition) is 9. The molecule has 0 saturated carbocycles. The second-order valence-electron chi connectivity index (χ2n) is 8.71. The average Bonchev–Trinajstić information content (AvgIpc) is 3.32. The van der Waals surface area contributed by atoms with Gasteiger partial charge in [0.15, 0.2) is 0 Å². The fourth-order valence-corrected chi connectivity index (χ4v) is 4.34. The number of carbonyl (C=O) groups excluding carboxylic acids is 2. The van der Waals surface area contributed by atoms with Gasteiger partial charge in [0.1, 0.15) is 21.7 Å². The summed E-state index contributed by atoms with van der Waals surface area (Å²) in [6.07, 6.45) is 2.44. The number of amides is 2. The number of pyridine rings is 1. The van der Waals surface area contributed by atoms with Gasteiger partial charge in [-0.3, -0.25) is 9.59 Å². The molecule has 0 aliphatic heterocycles. The Hall–Kier alpha value is -4.17. The zero-order valence-corrected chi connectivity index (χ0v) is 23.2. The molecule has 15 heteroatoms. The van der Waals surface area contributed by atoms with Crippen molar-refractivity contribution in [1.82, 2.24) is 20.5 Å². The molecule has 0 radical (unpaired) electrons. The summed E-state index contributed by atoms with van der Waals surface area (Å²) in [5, 5.41) is 14.8. The first-order valence-corrected chi connectivity index (χ1v) is 13.4. The molecule has 3 aromatic rings. The summed E-state index contributed by atoms with van der Waals surface area (Å²) >= 11 is 7.04. The SMILES string of the molecule is N/C(=C\C=C(/N)NC(=O)Cc1cccc(OC(F)(F)F)c1)CCCCc1nnc(NC(=O)Cc2ccc(Cl)nc2)s1. The van der Waals surface area contributed by atoms with Gasteiger partial charge in [-0.25, -0.2) is 4.98 Å². The summed E-state index contributed by atoms with van der Waals surface area (Å²) in [6.45, 7) is 0. The molecule has 218 valence electrons. The van der Waals surface area contributed by atoms with E-state index in [1.807, 2.05) is 0 Å². The molecule has 2 amide bonds. The van der Waals surface area contributed by atoms with E-state index in [0.717, 1.165) is 35.5 Å². The van der Waals surface area contributed by atoms with Crippen LogP contribution in [0, 0.1) is 0 Å². The highest BCUT2D eigenvalue weighted by atomic mass is 35.5. The maximum absolute atomic E-state index is 12.4. The number of ether oxygens (including phenoxy) is 1. The number of aryl methyl sites for hydroxylation is 1. The Morgan fingerprint density at radius 3 is 2.54 bits per heavy atom. The van der Waals surface area contributed by atoms with E-state index in [0.29, 0.717) is 34.4 Å². The van der Waals surface area contributed by atoms with Crippen LogP contribution in [0.4, 0.5) is 18.3 Å². The monoisotopic (exact) mass is 609 g/mol. The number of anilines is 1. The van der Waals surface area contributed by atoms with E-state index in [-0.39, 0.29) is 24.6 Å². The Morgan fingerprint density at radius 1 is 1.02 bits per heavy atom. The van der Waals surface area contributed by atoms with Crippen molar-refractivity contribution in [2.75, 3.05) is 5.32 Å². The van der Waals surface area contributed by atoms with Crippen LogP contribution in [0.2, 0.25) is 5.15 Å². The van der Waals surface area contributed by atoms with Crippen LogP contribution in [0.15, 0.2) is 66.3 Å². The van der Waals surface area contributed by atoms with Crippen molar-refractivity contribution in [2.24, 2.45) is 11.5 Å². The lowest BCUT2D eigenvalue weighted by molar-refractivity contribution is -0.274. The van der Waals surface area contributed by atoms with Crippen LogP contribution in [0.5, 0.6) is 5.75 Å². The van der Waals surface area contributed by atoms with E-state index >= 15 is 0 Å². The standard InChI is InChI=1S/C26H27ClF3N7O3S/c27-20-10-8-17(15-33-20)14-23(39)35-25-37-36-24(41-25)7-2-1-5-18(31)9-11-21(32)34-22(38)13-16-4-3-6-19(12-16)40-26(28,29)30/h3-4,6,8-12,15H,1-2,5,7,13-14,31-32H2,(H,34,38)(H,35,37,39)/b18-9-,21-11+. The van der Waals surface area contributed by atoms with Crippen LogP contribution in [0.1, 0.15) is 35.4 Å². The summed E-state index contributed by atoms with van der Waals surface area (Å²) in [5.74, 6) is -1.12. The van der Waals surface area contributed by atoms with Gasteiger partial charge in [0, 0.05) is 18.3 Å². The number of benzene rings is 1. The maximum Gasteiger partial charge on any atom is 0.573 e. The number of allylic oxidation sites excluding steroid dienone is 3. The minimum absolute atomic E-state index is 0.0383. The molecule has 41 heavy (non-hydrogen) atoms. The largest absolute Gasteiger partial charge is 0.573 e. The third-order valence-corrected chi connectivity index (χ3v) is 6.35. The number of rotatable bonds is 13. The van der Waals surface area contributed by atoms with Gasteiger partial charge in [0.05, 0.1) is 12.8 Å². The third-order valence-electron chi connectivity index (χ3n) is 5.23. The minimum atomic E-state index is -4.82. The summed E-state index contributed by atoms with van der Waals surface area (Å²) < 4.78 is 41.0. The zero-order valence-electron chi connectivity index (χ0n) is 21.6. The Bertz CT molecular complexity index is 1400. The summed E-state index contributed by atoms with van der Waals surface area (Å²) in [5.41, 5.74) is 13.4. The summed E-state index contributed by atoms with van der Waals surface area (Å²) in [4.78, 5) is 28.3. The van der Waals surface area contributed by atoms with Gasteiger partial charge in [0.25, 0.3) is 0 Å². The Balaban J connectivity index is 1.36. The van der Waals surface area contributed by atoms with Crippen LogP contribution in [-0.4, -0.2) is 33.4 Å². The fraction of sp³-hybridized carbons (Fsp3) is 0.269. The molecule has 0 atom stereocenters. The van der Waals surface area contributed by atoms with E-state index in [1.54, 1.807) is 18.2 Å². The smallest absolute Gasteiger partial charge is 0.406 e. The van der Waals surface area contributed by atoms with Gasteiger partial charge in [-0.1, -0.05) is 41.1 Å². The molecule has 0 spiro atoms. The maximum atomic E-state index is 12.4. The lowest BCUT2D eigenvalue weighted by atomic mass is 10.1. The molecule has 0 aliphatic carbocycles. The molecule has 3 rings (SSSR count). The Kier molecular flexibility index (Phi) is 11.5. The van der Waals surface area contributed by atoms with Crippen molar-refractivity contribution in [1.29, 1.82) is 0 Å². The van der Waals surface area contributed by atoms with Gasteiger partial charge in [-0.05, 0) is 60.7 Å². The second-order valence-corrected chi connectivity index (χ2v) is 10.2. The quantitative estimate of drug-likeness (QED) is 0.126. The number of nitrogens with one attached hydrogen (secondary N) is 2. The number of unbranched alkanes of at least 4 members (excludes halogenated alkanes) is 1. The minimum Gasteiger partial charge on any atom is -0.406 e. The molecule has 10 nitrogen and oxygen atoms in total. The highest BCUT2D eigenvalue weighted by Gasteiger charge is 2.31. The van der Waals surface area contributed by atoms with Gasteiger partial charge < -0.3 is 26.8 Å². The molecular formula is C26H27ClF3N7O3S. The molecule has 0 bridgehead atoms. The molecular weight excluding hydrogens is 583 g/mol. The van der Waals surface area contributed by atoms with E-state index < -0.39 is 18.0 Å². The van der Waals surface area contributed by atoms with Crippen LogP contribution in [-0.2, 0) is 28.9 Å². The third kappa shape index (κ3) is 12.3. The Labute approximate surface area is 242 Å². The first-order chi connectivity index (χ1) is 19.4. The van der Waals surface area contributed by atoms with Crippen molar-refractivity contribution in [3.8, 4) is 5.75 Å². The van der Waals surface area contributed by atoms with E-state index in [1.165, 1.54) is 35.7 Å². The summed E-state index contributed by atoms with van der Waals surface area (Å²) in [7, 11) is 0. The van der Waals surface area contributed by atoms with Crippen molar-refractivity contribution in [3.05, 3.63) is 87.6 Å². The number of alkyl halides is 3. The molecule has 6 N–H and O–H groups in total. The molecule has 2 aromatic heterocycles. The first-order valence-electron chi connectivity index (χ1n) is 12.2. The highest BCUT2D eigenvalue weighted by molar-refractivity contribution is 7.15. The van der Waals surface area contributed by atoms with Crippen LogP contribution < -0.4 is 26.8 Å². The van der Waals surface area contributed by atoms with Crippen molar-refractivity contribution in [2.45, 2.75) is 44.9 Å². The number of nitrogens with zero attached hydrogens (tertiary/aromatic N) is 3. The molecule has 0 unspecified atom stereocenters. The van der Waals surface area contributed by atoms with E-state index in [2.05, 4.69) is 30.6 Å². The number of aromatic nitrogens is 3. The van der Waals surface area contributed by atoms with Gasteiger partial charge in [0.2, 0.25) is 16.9 Å². The van der Waals surface area contributed by atoms with Crippen molar-refractivity contribution in [3.63, 3.8) is 0 Å². The molecule has 0 aliphatic rings. The molecule has 1 aromatic carbocycles. The molecule has 0 fully saturated rings. The van der Waals surface area contributed by atoms with Gasteiger partial charge in [-0.15, -0.1) is 23.4 Å². The summed E-state index contributed by atoms with van der Waals surface area (Å²) in [6, 6.07) is 8.48.